The maximum absolute atomic E-state index is 13.1. The van der Waals surface area contributed by atoms with Crippen LogP contribution in [0.2, 0.25) is 0 Å². The van der Waals surface area contributed by atoms with Gasteiger partial charge in [0.2, 0.25) is 0 Å². The maximum atomic E-state index is 13.1. The van der Waals surface area contributed by atoms with Crippen molar-refractivity contribution in [1.82, 2.24) is 5.32 Å². The molecular weight excluding hydrogens is 233 g/mol. The van der Waals surface area contributed by atoms with Crippen molar-refractivity contribution in [1.29, 1.82) is 0 Å². The standard InChI is InChI=1S/C14H16FNO2/c1-8-6-9(2-4-11(8)15)14(17)16-12-7-10-3-5-13(12)18-10/h2,4,6,10,12-13H,3,5,7H2,1H3,(H,16,17). The van der Waals surface area contributed by atoms with Crippen LogP contribution in [-0.2, 0) is 4.74 Å². The molecule has 2 saturated heterocycles. The number of hydrogen-bond acceptors (Lipinski definition) is 2. The first-order valence-electron chi connectivity index (χ1n) is 6.36. The second kappa shape index (κ2) is 4.35. The monoisotopic (exact) mass is 249 g/mol. The van der Waals surface area contributed by atoms with Crippen molar-refractivity contribution in [2.24, 2.45) is 0 Å². The average molecular weight is 249 g/mol. The van der Waals surface area contributed by atoms with Gasteiger partial charge in [-0.2, -0.15) is 0 Å². The van der Waals surface area contributed by atoms with Crippen LogP contribution in [0.3, 0.4) is 0 Å². The third-order valence-corrected chi connectivity index (χ3v) is 3.84. The van der Waals surface area contributed by atoms with Gasteiger partial charge in [0, 0.05) is 5.56 Å². The molecule has 3 nitrogen and oxygen atoms in total. The van der Waals surface area contributed by atoms with E-state index >= 15 is 0 Å². The summed E-state index contributed by atoms with van der Waals surface area (Å²) in [5.41, 5.74) is 1.00. The molecule has 2 aliphatic heterocycles. The molecule has 1 aromatic rings. The van der Waals surface area contributed by atoms with Crippen LogP contribution in [-0.4, -0.2) is 24.2 Å². The zero-order valence-electron chi connectivity index (χ0n) is 10.3. The van der Waals surface area contributed by atoms with Crippen molar-refractivity contribution in [3.05, 3.63) is 35.1 Å². The molecule has 3 atom stereocenters. The molecule has 2 heterocycles. The van der Waals surface area contributed by atoms with E-state index in [4.69, 9.17) is 4.74 Å². The molecule has 0 radical (unpaired) electrons. The predicted octanol–water partition coefficient (Wildman–Crippen LogP) is 2.18. The molecule has 1 N–H and O–H groups in total. The highest BCUT2D eigenvalue weighted by Crippen LogP contribution is 2.34. The molecule has 18 heavy (non-hydrogen) atoms. The predicted molar refractivity (Wildman–Crippen MR) is 64.9 cm³/mol. The van der Waals surface area contributed by atoms with Gasteiger partial charge in [-0.3, -0.25) is 4.79 Å². The van der Waals surface area contributed by atoms with Crippen LogP contribution in [0, 0.1) is 12.7 Å². The highest BCUT2D eigenvalue weighted by Gasteiger charge is 2.41. The lowest BCUT2D eigenvalue weighted by atomic mass is 9.95. The van der Waals surface area contributed by atoms with Crippen molar-refractivity contribution in [3.8, 4) is 0 Å². The Morgan fingerprint density at radius 1 is 1.44 bits per heavy atom. The van der Waals surface area contributed by atoms with Crippen LogP contribution in [0.15, 0.2) is 18.2 Å². The van der Waals surface area contributed by atoms with Gasteiger partial charge in [0.1, 0.15) is 5.82 Å². The molecule has 96 valence electrons. The summed E-state index contributed by atoms with van der Waals surface area (Å²) in [5.74, 6) is -0.422. The van der Waals surface area contributed by atoms with Crippen LogP contribution < -0.4 is 5.32 Å². The molecule has 3 unspecified atom stereocenters. The summed E-state index contributed by atoms with van der Waals surface area (Å²) in [7, 11) is 0. The molecular formula is C14H16FNO2. The Bertz CT molecular complexity index is 489. The van der Waals surface area contributed by atoms with E-state index in [0.717, 1.165) is 19.3 Å². The fourth-order valence-corrected chi connectivity index (χ4v) is 2.83. The second-order valence-electron chi connectivity index (χ2n) is 5.15. The highest BCUT2D eigenvalue weighted by molar-refractivity contribution is 5.94. The van der Waals surface area contributed by atoms with Gasteiger partial charge < -0.3 is 10.1 Å². The molecule has 0 aromatic heterocycles. The van der Waals surface area contributed by atoms with E-state index in [-0.39, 0.29) is 23.9 Å². The zero-order chi connectivity index (χ0) is 12.7. The number of carbonyl (C=O) groups is 1. The fraction of sp³-hybridized carbons (Fsp3) is 0.500. The van der Waals surface area contributed by atoms with Gasteiger partial charge in [-0.05, 0) is 49.9 Å². The van der Waals surface area contributed by atoms with Gasteiger partial charge >= 0.3 is 0 Å². The first-order chi connectivity index (χ1) is 8.63. The fourth-order valence-electron chi connectivity index (χ4n) is 2.83. The summed E-state index contributed by atoms with van der Waals surface area (Å²) >= 11 is 0. The minimum Gasteiger partial charge on any atom is -0.373 e. The van der Waals surface area contributed by atoms with Crippen molar-refractivity contribution < 1.29 is 13.9 Å². The normalized spacial score (nSPS) is 29.6. The molecule has 2 bridgehead atoms. The summed E-state index contributed by atoms with van der Waals surface area (Å²) < 4.78 is 18.8. The van der Waals surface area contributed by atoms with Crippen molar-refractivity contribution in [3.63, 3.8) is 0 Å². The number of fused-ring (bicyclic) bond motifs is 2. The first-order valence-corrected chi connectivity index (χ1v) is 6.36. The molecule has 2 fully saturated rings. The largest absolute Gasteiger partial charge is 0.373 e. The summed E-state index contributed by atoms with van der Waals surface area (Å²) in [4.78, 5) is 12.1. The Morgan fingerprint density at radius 3 is 2.89 bits per heavy atom. The first kappa shape index (κ1) is 11.7. The molecule has 1 aromatic carbocycles. The molecule has 1 amide bonds. The topological polar surface area (TPSA) is 38.3 Å². The van der Waals surface area contributed by atoms with Gasteiger partial charge in [-0.25, -0.2) is 4.39 Å². The van der Waals surface area contributed by atoms with Gasteiger partial charge in [0.25, 0.3) is 5.91 Å². The highest BCUT2D eigenvalue weighted by atomic mass is 19.1. The Kier molecular flexibility index (Phi) is 2.82. The van der Waals surface area contributed by atoms with E-state index in [2.05, 4.69) is 5.32 Å². The SMILES string of the molecule is Cc1cc(C(=O)NC2CC3CCC2O3)ccc1F. The quantitative estimate of drug-likeness (QED) is 0.872. The van der Waals surface area contributed by atoms with Crippen LogP contribution in [0.1, 0.15) is 35.2 Å². The van der Waals surface area contributed by atoms with Gasteiger partial charge in [0.15, 0.2) is 0 Å². The molecule has 0 aliphatic carbocycles. The maximum Gasteiger partial charge on any atom is 0.251 e. The number of carbonyl (C=O) groups excluding carboxylic acids is 1. The Morgan fingerprint density at radius 2 is 2.28 bits per heavy atom. The molecule has 0 saturated carbocycles. The summed E-state index contributed by atoms with van der Waals surface area (Å²) in [5, 5.41) is 2.99. The van der Waals surface area contributed by atoms with Crippen LogP contribution in [0.5, 0.6) is 0 Å². The molecule has 2 aliphatic rings. The van der Waals surface area contributed by atoms with E-state index in [1.165, 1.54) is 12.1 Å². The van der Waals surface area contributed by atoms with Gasteiger partial charge in [-0.1, -0.05) is 0 Å². The average Bonchev–Trinajstić information content (AvgIpc) is 2.94. The van der Waals surface area contributed by atoms with E-state index in [1.54, 1.807) is 13.0 Å². The lowest BCUT2D eigenvalue weighted by Crippen LogP contribution is -2.41. The summed E-state index contributed by atoms with van der Waals surface area (Å²) in [6, 6.07) is 4.55. The van der Waals surface area contributed by atoms with E-state index in [1.807, 2.05) is 0 Å². The number of rotatable bonds is 2. The van der Waals surface area contributed by atoms with E-state index in [9.17, 15) is 9.18 Å². The smallest absolute Gasteiger partial charge is 0.251 e. The number of halogens is 1. The van der Waals surface area contributed by atoms with Crippen LogP contribution in [0.25, 0.3) is 0 Å². The Labute approximate surface area is 105 Å². The third-order valence-electron chi connectivity index (χ3n) is 3.84. The minimum atomic E-state index is -0.283. The van der Waals surface area contributed by atoms with Crippen LogP contribution >= 0.6 is 0 Å². The third kappa shape index (κ3) is 2.01. The number of amides is 1. The van der Waals surface area contributed by atoms with Crippen molar-refractivity contribution in [2.75, 3.05) is 0 Å². The zero-order valence-corrected chi connectivity index (χ0v) is 10.3. The van der Waals surface area contributed by atoms with Gasteiger partial charge in [0.05, 0.1) is 18.2 Å². The van der Waals surface area contributed by atoms with Crippen LogP contribution in [0.4, 0.5) is 4.39 Å². The summed E-state index contributed by atoms with van der Waals surface area (Å²) in [6.45, 7) is 1.66. The van der Waals surface area contributed by atoms with E-state index < -0.39 is 0 Å². The Balaban J connectivity index is 1.69. The summed E-state index contributed by atoms with van der Waals surface area (Å²) in [6.07, 6.45) is 3.51. The molecule has 4 heteroatoms. The van der Waals surface area contributed by atoms with Crippen molar-refractivity contribution in [2.45, 2.75) is 44.4 Å². The van der Waals surface area contributed by atoms with Crippen molar-refractivity contribution >= 4 is 5.91 Å². The number of hydrogen-bond donors (Lipinski definition) is 1. The number of ether oxygens (including phenoxy) is 1. The lowest BCUT2D eigenvalue weighted by Gasteiger charge is -2.20. The number of benzene rings is 1. The number of nitrogens with one attached hydrogen (secondary N) is 1. The second-order valence-corrected chi connectivity index (χ2v) is 5.15. The molecule has 0 spiro atoms. The molecule has 3 rings (SSSR count). The number of aryl methyl sites for hydroxylation is 1. The Hall–Kier alpha value is -1.42. The minimum absolute atomic E-state index is 0.113. The van der Waals surface area contributed by atoms with E-state index in [0.29, 0.717) is 17.2 Å². The van der Waals surface area contributed by atoms with Gasteiger partial charge in [-0.15, -0.1) is 0 Å². The lowest BCUT2D eigenvalue weighted by molar-refractivity contribution is 0.0841.